The van der Waals surface area contributed by atoms with E-state index in [0.29, 0.717) is 28.5 Å². The monoisotopic (exact) mass is 452 g/mol. The van der Waals surface area contributed by atoms with Crippen LogP contribution in [0.4, 0.5) is 0 Å². The summed E-state index contributed by atoms with van der Waals surface area (Å²) >= 11 is 5.87. The smallest absolute Gasteiger partial charge is 0.251 e. The van der Waals surface area contributed by atoms with Crippen molar-refractivity contribution in [3.05, 3.63) is 58.6 Å². The summed E-state index contributed by atoms with van der Waals surface area (Å²) in [7, 11) is -2.23. The molecule has 6 nitrogen and oxygen atoms in total. The van der Waals surface area contributed by atoms with Crippen LogP contribution in [0.1, 0.15) is 49.5 Å². The topological polar surface area (TPSA) is 75.7 Å². The molecule has 164 valence electrons. The molecular weight excluding hydrogens is 424 g/mol. The molecule has 1 amide bonds. The number of nitrogens with zero attached hydrogens (tertiary/aromatic N) is 1. The Morgan fingerprint density at radius 3 is 2.43 bits per heavy atom. The number of sulfonamides is 1. The second-order valence-corrected chi connectivity index (χ2v) is 9.62. The molecule has 1 atom stereocenters. The molecule has 2 aromatic carbocycles. The largest absolute Gasteiger partial charge is 0.494 e. The zero-order chi connectivity index (χ0) is 22.3. The summed E-state index contributed by atoms with van der Waals surface area (Å²) < 4.78 is 32.7. The number of nitrogens with one attached hydrogen (secondary N) is 1. The number of hydrogen-bond acceptors (Lipinski definition) is 4. The third-order valence-corrected chi connectivity index (χ3v) is 6.71. The lowest BCUT2D eigenvalue weighted by molar-refractivity contribution is 0.0938. The number of hydrogen-bond donors (Lipinski definition) is 1. The van der Waals surface area contributed by atoms with Crippen LogP contribution in [-0.2, 0) is 16.6 Å². The van der Waals surface area contributed by atoms with Crippen molar-refractivity contribution in [3.8, 4) is 5.75 Å². The number of benzene rings is 2. The highest BCUT2D eigenvalue weighted by Crippen LogP contribution is 2.25. The third kappa shape index (κ3) is 6.20. The minimum atomic E-state index is -3.73. The number of rotatable bonds is 10. The molecule has 0 bridgehead atoms. The first-order valence-corrected chi connectivity index (χ1v) is 11.8. The summed E-state index contributed by atoms with van der Waals surface area (Å²) in [5.74, 6) is 0.359. The van der Waals surface area contributed by atoms with E-state index >= 15 is 0 Å². The van der Waals surface area contributed by atoms with E-state index in [-0.39, 0.29) is 23.4 Å². The molecule has 0 heterocycles. The molecule has 0 spiro atoms. The lowest BCUT2D eigenvalue weighted by atomic mass is 10.1. The van der Waals surface area contributed by atoms with Gasteiger partial charge in [0.25, 0.3) is 5.91 Å². The number of halogens is 1. The Balaban J connectivity index is 2.29. The predicted molar refractivity (Wildman–Crippen MR) is 120 cm³/mol. The quantitative estimate of drug-likeness (QED) is 0.576. The first-order valence-electron chi connectivity index (χ1n) is 9.97. The minimum absolute atomic E-state index is 0.0606. The summed E-state index contributed by atoms with van der Waals surface area (Å²) in [6, 6.07) is 11.2. The first kappa shape index (κ1) is 24.2. The molecule has 0 saturated carbocycles. The van der Waals surface area contributed by atoms with E-state index in [9.17, 15) is 13.2 Å². The van der Waals surface area contributed by atoms with Gasteiger partial charge in [0.05, 0.1) is 11.5 Å². The summed E-state index contributed by atoms with van der Waals surface area (Å²) in [5, 5.41) is 3.43. The Morgan fingerprint density at radius 1 is 1.17 bits per heavy atom. The maximum atomic E-state index is 12.9. The highest BCUT2D eigenvalue weighted by atomic mass is 35.5. The molecule has 0 saturated heterocycles. The van der Waals surface area contributed by atoms with E-state index in [1.807, 2.05) is 13.8 Å². The normalized spacial score (nSPS) is 12.6. The summed E-state index contributed by atoms with van der Waals surface area (Å²) in [5.41, 5.74) is 1.08. The molecule has 0 aromatic heterocycles. The van der Waals surface area contributed by atoms with Crippen molar-refractivity contribution < 1.29 is 17.9 Å². The van der Waals surface area contributed by atoms with E-state index in [1.54, 1.807) is 18.2 Å². The van der Waals surface area contributed by atoms with Crippen LogP contribution in [0, 0.1) is 0 Å². The van der Waals surface area contributed by atoms with Gasteiger partial charge in [-0.1, -0.05) is 24.9 Å². The Bertz CT molecular complexity index is 962. The van der Waals surface area contributed by atoms with Gasteiger partial charge in [0.2, 0.25) is 10.0 Å². The summed E-state index contributed by atoms with van der Waals surface area (Å²) in [6.07, 6.45) is 1.86. The predicted octanol–water partition coefficient (Wildman–Crippen LogP) is 4.48. The highest BCUT2D eigenvalue weighted by molar-refractivity contribution is 7.89. The van der Waals surface area contributed by atoms with Gasteiger partial charge in [-0.2, -0.15) is 4.31 Å². The zero-order valence-corrected chi connectivity index (χ0v) is 19.4. The molecule has 1 N–H and O–H groups in total. The third-order valence-electron chi connectivity index (χ3n) is 4.64. The second-order valence-electron chi connectivity index (χ2n) is 7.13. The van der Waals surface area contributed by atoms with Gasteiger partial charge in [0.1, 0.15) is 5.75 Å². The number of ether oxygens (including phenoxy) is 1. The van der Waals surface area contributed by atoms with Crippen molar-refractivity contribution in [2.45, 2.75) is 51.1 Å². The maximum Gasteiger partial charge on any atom is 0.251 e. The molecule has 0 aliphatic rings. The minimum Gasteiger partial charge on any atom is -0.494 e. The molecule has 30 heavy (non-hydrogen) atoms. The fourth-order valence-corrected chi connectivity index (χ4v) is 4.34. The van der Waals surface area contributed by atoms with Crippen LogP contribution in [0.5, 0.6) is 5.75 Å². The standard InChI is InChI=1S/C22H29ClN2O4S/c1-5-7-16(3)24-22(26)17-8-13-21(29-6-2)18(14-17)15-25(4)30(27,28)20-11-9-19(23)10-12-20/h8-14,16H,5-7,15H2,1-4H3,(H,24,26). The van der Waals surface area contributed by atoms with Crippen LogP contribution in [0.15, 0.2) is 47.4 Å². The molecule has 8 heteroatoms. The molecule has 0 fully saturated rings. The van der Waals surface area contributed by atoms with Crippen molar-refractivity contribution in [1.82, 2.24) is 9.62 Å². The van der Waals surface area contributed by atoms with Gasteiger partial charge in [-0.25, -0.2) is 8.42 Å². The molecule has 2 aromatic rings. The van der Waals surface area contributed by atoms with Gasteiger partial charge in [0.15, 0.2) is 0 Å². The Morgan fingerprint density at radius 2 is 1.83 bits per heavy atom. The molecular formula is C22H29ClN2O4S. The highest BCUT2D eigenvalue weighted by Gasteiger charge is 2.23. The van der Waals surface area contributed by atoms with Crippen LogP contribution in [0.3, 0.4) is 0 Å². The molecule has 0 aliphatic carbocycles. The van der Waals surface area contributed by atoms with E-state index in [4.69, 9.17) is 16.3 Å². The Kier molecular flexibility index (Phi) is 8.70. The Hall–Kier alpha value is -2.09. The van der Waals surface area contributed by atoms with Crippen molar-refractivity contribution >= 4 is 27.5 Å². The number of carbonyl (C=O) groups excluding carboxylic acids is 1. The first-order chi connectivity index (χ1) is 14.2. The van der Waals surface area contributed by atoms with E-state index in [1.165, 1.54) is 35.6 Å². The molecule has 1 unspecified atom stereocenters. The van der Waals surface area contributed by atoms with Gasteiger partial charge in [-0.15, -0.1) is 0 Å². The van der Waals surface area contributed by atoms with Crippen molar-refractivity contribution in [1.29, 1.82) is 0 Å². The van der Waals surface area contributed by atoms with Gasteiger partial charge < -0.3 is 10.1 Å². The zero-order valence-electron chi connectivity index (χ0n) is 17.8. The van der Waals surface area contributed by atoms with Crippen LogP contribution in [0.25, 0.3) is 0 Å². The van der Waals surface area contributed by atoms with E-state index < -0.39 is 10.0 Å². The second kappa shape index (κ2) is 10.8. The van der Waals surface area contributed by atoms with E-state index in [2.05, 4.69) is 12.2 Å². The van der Waals surface area contributed by atoms with Crippen LogP contribution >= 0.6 is 11.6 Å². The van der Waals surface area contributed by atoms with Gasteiger partial charge in [0, 0.05) is 35.8 Å². The van der Waals surface area contributed by atoms with E-state index in [0.717, 1.165) is 12.8 Å². The maximum absolute atomic E-state index is 12.9. The van der Waals surface area contributed by atoms with Gasteiger partial charge in [-0.3, -0.25) is 4.79 Å². The molecule has 0 aliphatic heterocycles. The van der Waals surface area contributed by atoms with Crippen LogP contribution < -0.4 is 10.1 Å². The van der Waals surface area contributed by atoms with Crippen molar-refractivity contribution in [3.63, 3.8) is 0 Å². The van der Waals surface area contributed by atoms with Crippen LogP contribution in [-0.4, -0.2) is 38.3 Å². The van der Waals surface area contributed by atoms with Gasteiger partial charge in [-0.05, 0) is 62.7 Å². The summed E-state index contributed by atoms with van der Waals surface area (Å²) in [4.78, 5) is 12.7. The van der Waals surface area contributed by atoms with Crippen molar-refractivity contribution in [2.75, 3.05) is 13.7 Å². The molecule has 0 radical (unpaired) electrons. The fraction of sp³-hybridized carbons (Fsp3) is 0.409. The van der Waals surface area contributed by atoms with Gasteiger partial charge >= 0.3 is 0 Å². The lowest BCUT2D eigenvalue weighted by Gasteiger charge is -2.20. The average Bonchev–Trinajstić information content (AvgIpc) is 2.69. The Labute approximate surface area is 184 Å². The summed E-state index contributed by atoms with van der Waals surface area (Å²) in [6.45, 7) is 6.37. The number of amides is 1. The lowest BCUT2D eigenvalue weighted by Crippen LogP contribution is -2.32. The average molecular weight is 453 g/mol. The van der Waals surface area contributed by atoms with Crippen molar-refractivity contribution in [2.24, 2.45) is 0 Å². The fourth-order valence-electron chi connectivity index (χ4n) is 3.06. The molecule has 2 rings (SSSR count). The SMILES string of the molecule is CCCC(C)NC(=O)c1ccc(OCC)c(CN(C)S(=O)(=O)c2ccc(Cl)cc2)c1. The number of carbonyl (C=O) groups is 1. The van der Waals surface area contributed by atoms with Crippen LogP contribution in [0.2, 0.25) is 5.02 Å².